The zero-order chi connectivity index (χ0) is 18.4. The molecular weight excluding hydrogens is 336 g/mol. The SMILES string of the molecule is CN1C(=O)C2C(NC3N(CCO)N=C(c4ccccc4)CN23)N(C)C1=O. The summed E-state index contributed by atoms with van der Waals surface area (Å²) >= 11 is 0. The first-order valence-electron chi connectivity index (χ1n) is 8.59. The van der Waals surface area contributed by atoms with Crippen LogP contribution in [0.5, 0.6) is 0 Å². The first-order valence-corrected chi connectivity index (χ1v) is 8.59. The Hall–Kier alpha value is -2.49. The van der Waals surface area contributed by atoms with Gasteiger partial charge in [-0.3, -0.25) is 20.0 Å². The molecule has 4 rings (SSSR count). The predicted molar refractivity (Wildman–Crippen MR) is 93.9 cm³/mol. The molecule has 3 aliphatic heterocycles. The molecule has 0 spiro atoms. The Morgan fingerprint density at radius 1 is 1.23 bits per heavy atom. The van der Waals surface area contributed by atoms with Gasteiger partial charge in [0, 0.05) is 20.6 Å². The number of likely N-dealkylation sites (N-methyl/N-ethyl adjacent to an activating group) is 2. The third-order valence-corrected chi connectivity index (χ3v) is 5.18. The molecule has 9 heteroatoms. The van der Waals surface area contributed by atoms with Crippen molar-refractivity contribution in [3.63, 3.8) is 0 Å². The second-order valence-electron chi connectivity index (χ2n) is 6.69. The van der Waals surface area contributed by atoms with Gasteiger partial charge >= 0.3 is 6.03 Å². The molecule has 1 aromatic carbocycles. The van der Waals surface area contributed by atoms with E-state index in [9.17, 15) is 14.7 Å². The number of nitrogens with zero attached hydrogens (tertiary/aromatic N) is 5. The second-order valence-corrected chi connectivity index (χ2v) is 6.69. The van der Waals surface area contributed by atoms with Gasteiger partial charge in [0.1, 0.15) is 12.2 Å². The van der Waals surface area contributed by atoms with Gasteiger partial charge in [0.25, 0.3) is 5.91 Å². The van der Waals surface area contributed by atoms with Crippen LogP contribution in [0.15, 0.2) is 35.4 Å². The number of hydrazone groups is 1. The predicted octanol–water partition coefficient (Wildman–Crippen LogP) is -0.894. The van der Waals surface area contributed by atoms with Crippen LogP contribution in [0.3, 0.4) is 0 Å². The molecule has 0 saturated carbocycles. The lowest BCUT2D eigenvalue weighted by Crippen LogP contribution is -2.65. The molecular formula is C17H22N6O3. The van der Waals surface area contributed by atoms with E-state index in [0.29, 0.717) is 13.1 Å². The maximum Gasteiger partial charge on any atom is 0.327 e. The number of carbonyl (C=O) groups is 2. The number of fused-ring (bicyclic) bond motifs is 3. The van der Waals surface area contributed by atoms with Crippen LogP contribution < -0.4 is 5.32 Å². The van der Waals surface area contributed by atoms with Gasteiger partial charge in [-0.05, 0) is 5.56 Å². The maximum absolute atomic E-state index is 12.8. The molecule has 3 heterocycles. The Labute approximate surface area is 151 Å². The standard InChI is InChI=1S/C17H22N6O3/c1-20-14-13(15(25)21(2)17(20)26)22-10-12(11-6-4-3-5-7-11)19-23(8-9-24)16(22)18-14/h3-7,13-14,16,18,24H,8-10H2,1-2H3. The Kier molecular flexibility index (Phi) is 4.14. The van der Waals surface area contributed by atoms with Crippen molar-refractivity contribution < 1.29 is 14.7 Å². The summed E-state index contributed by atoms with van der Waals surface area (Å²) in [4.78, 5) is 29.8. The van der Waals surface area contributed by atoms with E-state index in [-0.39, 0.29) is 24.8 Å². The number of β-amino-alcohol motifs (C(OH)–C–C–N with tert-alkyl or cyclic N) is 1. The van der Waals surface area contributed by atoms with E-state index < -0.39 is 12.2 Å². The number of imide groups is 1. The monoisotopic (exact) mass is 358 g/mol. The molecule has 3 atom stereocenters. The Balaban J connectivity index is 1.71. The number of nitrogens with one attached hydrogen (secondary N) is 1. The first-order chi connectivity index (χ1) is 12.5. The summed E-state index contributed by atoms with van der Waals surface area (Å²) in [6.07, 6.45) is -0.780. The lowest BCUT2D eigenvalue weighted by Gasteiger charge is -2.41. The quantitative estimate of drug-likeness (QED) is 0.728. The summed E-state index contributed by atoms with van der Waals surface area (Å²) in [5.41, 5.74) is 1.80. The number of rotatable bonds is 3. The minimum atomic E-state index is -0.497. The highest BCUT2D eigenvalue weighted by Crippen LogP contribution is 2.30. The summed E-state index contributed by atoms with van der Waals surface area (Å²) in [5, 5.41) is 19.2. The molecule has 3 amide bonds. The Morgan fingerprint density at radius 2 is 1.96 bits per heavy atom. The largest absolute Gasteiger partial charge is 0.394 e. The third-order valence-electron chi connectivity index (χ3n) is 5.18. The van der Waals surface area contributed by atoms with Crippen molar-refractivity contribution in [2.75, 3.05) is 33.8 Å². The fourth-order valence-electron chi connectivity index (χ4n) is 3.83. The summed E-state index contributed by atoms with van der Waals surface area (Å²) in [6.45, 7) is 0.744. The van der Waals surface area contributed by atoms with Crippen molar-refractivity contribution in [2.24, 2.45) is 5.10 Å². The number of carbonyl (C=O) groups excluding carboxylic acids is 2. The Morgan fingerprint density at radius 3 is 2.65 bits per heavy atom. The van der Waals surface area contributed by atoms with Crippen molar-refractivity contribution in [1.82, 2.24) is 25.0 Å². The molecule has 3 aliphatic rings. The molecule has 0 bridgehead atoms. The zero-order valence-electron chi connectivity index (χ0n) is 14.7. The molecule has 2 fully saturated rings. The van der Waals surface area contributed by atoms with Crippen LogP contribution >= 0.6 is 0 Å². The van der Waals surface area contributed by atoms with Gasteiger partial charge < -0.3 is 10.0 Å². The summed E-state index contributed by atoms with van der Waals surface area (Å²) in [5.74, 6) is -0.230. The lowest BCUT2D eigenvalue weighted by molar-refractivity contribution is -0.137. The van der Waals surface area contributed by atoms with Crippen LogP contribution in [0, 0.1) is 0 Å². The molecule has 0 aromatic heterocycles. The van der Waals surface area contributed by atoms with Crippen molar-refractivity contribution in [3.05, 3.63) is 35.9 Å². The highest BCUT2D eigenvalue weighted by Gasteiger charge is 2.55. The van der Waals surface area contributed by atoms with Crippen LogP contribution in [0.25, 0.3) is 0 Å². The fourth-order valence-corrected chi connectivity index (χ4v) is 3.83. The number of hydrogen-bond acceptors (Lipinski definition) is 7. The molecule has 0 aliphatic carbocycles. The fraction of sp³-hybridized carbons (Fsp3) is 0.471. The van der Waals surface area contributed by atoms with Crippen LogP contribution in [0.4, 0.5) is 4.79 Å². The highest BCUT2D eigenvalue weighted by atomic mass is 16.3. The number of aliphatic hydroxyl groups is 1. The van der Waals surface area contributed by atoms with Crippen molar-refractivity contribution in [1.29, 1.82) is 0 Å². The van der Waals surface area contributed by atoms with E-state index in [1.807, 2.05) is 35.2 Å². The van der Waals surface area contributed by atoms with Gasteiger partial charge in [0.05, 0.1) is 18.9 Å². The number of urea groups is 1. The van der Waals surface area contributed by atoms with Crippen LogP contribution in [-0.2, 0) is 4.79 Å². The molecule has 9 nitrogen and oxygen atoms in total. The van der Waals surface area contributed by atoms with Crippen LogP contribution in [-0.4, -0.2) is 94.8 Å². The van der Waals surface area contributed by atoms with Crippen molar-refractivity contribution in [3.8, 4) is 0 Å². The summed E-state index contributed by atoms with van der Waals surface area (Å²) < 4.78 is 0. The minimum Gasteiger partial charge on any atom is -0.394 e. The van der Waals surface area contributed by atoms with E-state index in [0.717, 1.165) is 16.2 Å². The molecule has 2 N–H and O–H groups in total. The van der Waals surface area contributed by atoms with Crippen LogP contribution in [0.2, 0.25) is 0 Å². The highest BCUT2D eigenvalue weighted by molar-refractivity contribution is 6.04. The first kappa shape index (κ1) is 17.0. The normalized spacial score (nSPS) is 29.0. The van der Waals surface area contributed by atoms with Gasteiger partial charge in [-0.15, -0.1) is 0 Å². The topological polar surface area (TPSA) is 91.7 Å². The smallest absolute Gasteiger partial charge is 0.327 e. The van der Waals surface area contributed by atoms with Gasteiger partial charge in [-0.2, -0.15) is 5.10 Å². The molecule has 3 unspecified atom stereocenters. The maximum atomic E-state index is 12.8. The van der Waals surface area contributed by atoms with E-state index in [2.05, 4.69) is 10.4 Å². The molecule has 0 radical (unpaired) electrons. The summed E-state index contributed by atoms with van der Waals surface area (Å²) in [7, 11) is 3.19. The Bertz CT molecular complexity index is 754. The average molecular weight is 358 g/mol. The second kappa shape index (κ2) is 6.35. The number of aliphatic hydroxyl groups excluding tert-OH is 1. The number of benzene rings is 1. The lowest BCUT2D eigenvalue weighted by atomic mass is 10.1. The van der Waals surface area contributed by atoms with Crippen molar-refractivity contribution >= 4 is 17.6 Å². The van der Waals surface area contributed by atoms with Crippen LogP contribution in [0.1, 0.15) is 5.56 Å². The molecule has 26 heavy (non-hydrogen) atoms. The van der Waals surface area contributed by atoms with Crippen molar-refractivity contribution in [2.45, 2.75) is 18.5 Å². The van der Waals surface area contributed by atoms with E-state index in [1.165, 1.54) is 7.05 Å². The molecule has 1 aromatic rings. The zero-order valence-corrected chi connectivity index (χ0v) is 14.7. The minimum absolute atomic E-state index is 0.0600. The van der Waals surface area contributed by atoms with Gasteiger partial charge in [-0.1, -0.05) is 30.3 Å². The van der Waals surface area contributed by atoms with E-state index >= 15 is 0 Å². The molecule has 2 saturated heterocycles. The molecule has 138 valence electrons. The third kappa shape index (κ3) is 2.47. The van der Waals surface area contributed by atoms with Gasteiger partial charge in [0.2, 0.25) is 0 Å². The van der Waals surface area contributed by atoms with Gasteiger partial charge in [-0.25, -0.2) is 9.69 Å². The van der Waals surface area contributed by atoms with E-state index in [1.54, 1.807) is 17.0 Å². The summed E-state index contributed by atoms with van der Waals surface area (Å²) in [6, 6.07) is 8.94. The van der Waals surface area contributed by atoms with Gasteiger partial charge in [0.15, 0.2) is 6.29 Å². The number of hydrogen-bond donors (Lipinski definition) is 2. The van der Waals surface area contributed by atoms with E-state index in [4.69, 9.17) is 0 Å². The number of amides is 3. The average Bonchev–Trinajstić information content (AvgIpc) is 3.05.